The minimum Gasteiger partial charge on any atom is -0.493 e. The van der Waals surface area contributed by atoms with E-state index in [9.17, 15) is 13.2 Å². The molecular formula is C16H24N2O4S. The molecule has 2 N–H and O–H groups in total. The highest BCUT2D eigenvalue weighted by molar-refractivity contribution is 7.89. The van der Waals surface area contributed by atoms with Crippen molar-refractivity contribution in [3.05, 3.63) is 29.8 Å². The fourth-order valence-electron chi connectivity index (χ4n) is 2.80. The number of hydrogen-bond acceptors (Lipinski definition) is 4. The van der Waals surface area contributed by atoms with E-state index < -0.39 is 10.0 Å². The first kappa shape index (κ1) is 17.7. The fraction of sp³-hybridized carbons (Fsp3) is 0.562. The Morgan fingerprint density at radius 2 is 2.04 bits per heavy atom. The van der Waals surface area contributed by atoms with Crippen molar-refractivity contribution < 1.29 is 17.9 Å². The highest BCUT2D eigenvalue weighted by Crippen LogP contribution is 2.18. The first-order valence-corrected chi connectivity index (χ1v) is 9.53. The first-order valence-electron chi connectivity index (χ1n) is 7.81. The standard InChI is InChI=1S/C16H24N2O4S/c1-13-4-6-15(7-5-13)22-10-8-16(19)18-9-2-3-14(11-18)12-23(17,20)21/h4-7,14H,2-3,8-12H2,1H3,(H2,17,20,21)/t14-/m0/s1. The second-order valence-corrected chi connectivity index (χ2v) is 7.75. The van der Waals surface area contributed by atoms with Crippen molar-refractivity contribution in [2.75, 3.05) is 25.4 Å². The number of amides is 1. The number of ether oxygens (including phenoxy) is 1. The van der Waals surface area contributed by atoms with Gasteiger partial charge in [-0.05, 0) is 37.8 Å². The molecule has 0 spiro atoms. The molecule has 1 aliphatic heterocycles. The summed E-state index contributed by atoms with van der Waals surface area (Å²) in [6.07, 6.45) is 1.89. The summed E-state index contributed by atoms with van der Waals surface area (Å²) < 4.78 is 27.9. The zero-order valence-corrected chi connectivity index (χ0v) is 14.2. The van der Waals surface area contributed by atoms with E-state index in [4.69, 9.17) is 9.88 Å². The predicted molar refractivity (Wildman–Crippen MR) is 88.6 cm³/mol. The van der Waals surface area contributed by atoms with Crippen LogP contribution in [0.2, 0.25) is 0 Å². The van der Waals surface area contributed by atoms with Crippen molar-refractivity contribution in [3.63, 3.8) is 0 Å². The second-order valence-electron chi connectivity index (χ2n) is 6.09. The Morgan fingerprint density at radius 3 is 2.70 bits per heavy atom. The summed E-state index contributed by atoms with van der Waals surface area (Å²) in [5.41, 5.74) is 1.16. The van der Waals surface area contributed by atoms with E-state index in [0.717, 1.165) is 24.2 Å². The monoisotopic (exact) mass is 340 g/mol. The Bertz CT molecular complexity index is 628. The Labute approximate surface area is 137 Å². The van der Waals surface area contributed by atoms with E-state index in [0.29, 0.717) is 19.7 Å². The molecule has 6 nitrogen and oxygen atoms in total. The number of hydrogen-bond donors (Lipinski definition) is 1. The van der Waals surface area contributed by atoms with Crippen LogP contribution in [-0.2, 0) is 14.8 Å². The van der Waals surface area contributed by atoms with Crippen LogP contribution < -0.4 is 9.88 Å². The van der Waals surface area contributed by atoms with Crippen molar-refractivity contribution in [2.45, 2.75) is 26.2 Å². The molecule has 0 bridgehead atoms. The third-order valence-corrected chi connectivity index (χ3v) is 4.88. The molecule has 0 aliphatic carbocycles. The van der Waals surface area contributed by atoms with Gasteiger partial charge in [-0.2, -0.15) is 0 Å². The third-order valence-electron chi connectivity index (χ3n) is 3.95. The van der Waals surface area contributed by atoms with Crippen LogP contribution in [0.15, 0.2) is 24.3 Å². The fourth-order valence-corrected chi connectivity index (χ4v) is 3.73. The van der Waals surface area contributed by atoms with Crippen LogP contribution >= 0.6 is 0 Å². The van der Waals surface area contributed by atoms with Gasteiger partial charge in [-0.1, -0.05) is 17.7 Å². The number of benzene rings is 1. The van der Waals surface area contributed by atoms with Gasteiger partial charge in [0.2, 0.25) is 15.9 Å². The van der Waals surface area contributed by atoms with Crippen molar-refractivity contribution in [3.8, 4) is 5.75 Å². The molecular weight excluding hydrogens is 316 g/mol. The van der Waals surface area contributed by atoms with Gasteiger partial charge in [0, 0.05) is 13.1 Å². The van der Waals surface area contributed by atoms with Gasteiger partial charge in [-0.15, -0.1) is 0 Å². The second kappa shape index (κ2) is 7.79. The maximum atomic E-state index is 12.2. The number of carbonyl (C=O) groups is 1. The summed E-state index contributed by atoms with van der Waals surface area (Å²) in [7, 11) is -3.49. The van der Waals surface area contributed by atoms with Gasteiger partial charge in [-0.25, -0.2) is 13.6 Å². The molecule has 1 heterocycles. The SMILES string of the molecule is Cc1ccc(OCCC(=O)N2CCC[C@H](CS(N)(=O)=O)C2)cc1. The topological polar surface area (TPSA) is 89.7 Å². The van der Waals surface area contributed by atoms with Crippen molar-refractivity contribution >= 4 is 15.9 Å². The van der Waals surface area contributed by atoms with Crippen LogP contribution in [-0.4, -0.2) is 44.7 Å². The van der Waals surface area contributed by atoms with E-state index in [1.807, 2.05) is 31.2 Å². The molecule has 1 saturated heterocycles. The smallest absolute Gasteiger partial charge is 0.226 e. The molecule has 1 aromatic rings. The molecule has 0 unspecified atom stereocenters. The van der Waals surface area contributed by atoms with Crippen molar-refractivity contribution in [1.82, 2.24) is 4.90 Å². The molecule has 0 saturated carbocycles. The summed E-state index contributed by atoms with van der Waals surface area (Å²) in [4.78, 5) is 13.9. The molecule has 1 aliphatic rings. The first-order chi connectivity index (χ1) is 10.8. The molecule has 0 aromatic heterocycles. The van der Waals surface area contributed by atoms with E-state index >= 15 is 0 Å². The predicted octanol–water partition coefficient (Wildman–Crippen LogP) is 1.29. The molecule has 1 aromatic carbocycles. The number of carbonyl (C=O) groups excluding carboxylic acids is 1. The number of piperidine rings is 1. The summed E-state index contributed by atoms with van der Waals surface area (Å²) in [6.45, 7) is 3.45. The summed E-state index contributed by atoms with van der Waals surface area (Å²) in [5.74, 6) is 0.613. The average Bonchev–Trinajstić information content (AvgIpc) is 2.48. The lowest BCUT2D eigenvalue weighted by Gasteiger charge is -2.32. The number of sulfonamides is 1. The minimum absolute atomic E-state index is 0.00349. The Kier molecular flexibility index (Phi) is 6.01. The Hall–Kier alpha value is -1.60. The number of aryl methyl sites for hydroxylation is 1. The molecule has 2 rings (SSSR count). The van der Waals surface area contributed by atoms with Crippen molar-refractivity contribution in [2.24, 2.45) is 11.1 Å². The van der Waals surface area contributed by atoms with Crippen LogP contribution in [0.3, 0.4) is 0 Å². The van der Waals surface area contributed by atoms with Gasteiger partial charge in [0.05, 0.1) is 18.8 Å². The Balaban J connectivity index is 1.77. The summed E-state index contributed by atoms with van der Waals surface area (Å²) in [5, 5.41) is 5.09. The van der Waals surface area contributed by atoms with Crippen LogP contribution in [0.25, 0.3) is 0 Å². The number of rotatable bonds is 6. The molecule has 1 amide bonds. The number of likely N-dealkylation sites (tertiary alicyclic amines) is 1. The highest BCUT2D eigenvalue weighted by atomic mass is 32.2. The number of nitrogens with two attached hydrogens (primary N) is 1. The molecule has 0 radical (unpaired) electrons. The largest absolute Gasteiger partial charge is 0.493 e. The lowest BCUT2D eigenvalue weighted by atomic mass is 10.00. The highest BCUT2D eigenvalue weighted by Gasteiger charge is 2.26. The maximum absolute atomic E-state index is 12.2. The van der Waals surface area contributed by atoms with Gasteiger partial charge < -0.3 is 9.64 Å². The van der Waals surface area contributed by atoms with Gasteiger partial charge in [0.25, 0.3) is 0 Å². The lowest BCUT2D eigenvalue weighted by Crippen LogP contribution is -2.42. The average molecular weight is 340 g/mol. The van der Waals surface area contributed by atoms with Gasteiger partial charge in [-0.3, -0.25) is 4.79 Å². The lowest BCUT2D eigenvalue weighted by molar-refractivity contribution is -0.133. The number of primary sulfonamides is 1. The third kappa shape index (κ3) is 6.19. The van der Waals surface area contributed by atoms with Crippen LogP contribution in [0, 0.1) is 12.8 Å². The Morgan fingerprint density at radius 1 is 1.35 bits per heavy atom. The molecule has 128 valence electrons. The number of nitrogens with zero attached hydrogens (tertiary/aromatic N) is 1. The molecule has 1 atom stereocenters. The van der Waals surface area contributed by atoms with Gasteiger partial charge >= 0.3 is 0 Å². The van der Waals surface area contributed by atoms with Gasteiger partial charge in [0.15, 0.2) is 0 Å². The normalized spacial score (nSPS) is 18.7. The quantitative estimate of drug-likeness (QED) is 0.845. The van der Waals surface area contributed by atoms with E-state index in [-0.39, 0.29) is 24.0 Å². The van der Waals surface area contributed by atoms with Crippen LogP contribution in [0.5, 0.6) is 5.75 Å². The molecule has 1 fully saturated rings. The summed E-state index contributed by atoms with van der Waals surface area (Å²) in [6, 6.07) is 7.67. The van der Waals surface area contributed by atoms with E-state index in [2.05, 4.69) is 0 Å². The van der Waals surface area contributed by atoms with Crippen molar-refractivity contribution in [1.29, 1.82) is 0 Å². The summed E-state index contributed by atoms with van der Waals surface area (Å²) >= 11 is 0. The van der Waals surface area contributed by atoms with Crippen LogP contribution in [0.1, 0.15) is 24.8 Å². The maximum Gasteiger partial charge on any atom is 0.226 e. The molecule has 7 heteroatoms. The van der Waals surface area contributed by atoms with E-state index in [1.165, 1.54) is 0 Å². The minimum atomic E-state index is -3.49. The van der Waals surface area contributed by atoms with Crippen LogP contribution in [0.4, 0.5) is 0 Å². The molecule has 23 heavy (non-hydrogen) atoms. The van der Waals surface area contributed by atoms with E-state index in [1.54, 1.807) is 4.90 Å². The zero-order valence-electron chi connectivity index (χ0n) is 13.4. The zero-order chi connectivity index (χ0) is 16.9. The van der Waals surface area contributed by atoms with Gasteiger partial charge in [0.1, 0.15) is 5.75 Å².